The van der Waals surface area contributed by atoms with Crippen LogP contribution in [0.5, 0.6) is 0 Å². The molecule has 1 fully saturated rings. The normalized spacial score (nSPS) is 19.5. The number of carboxylic acids is 1. The zero-order valence-electron chi connectivity index (χ0n) is 20.2. The van der Waals surface area contributed by atoms with Crippen LogP contribution in [0.2, 0.25) is 0 Å². The summed E-state index contributed by atoms with van der Waals surface area (Å²) >= 11 is 2.63. The average Bonchev–Trinajstić information content (AvgIpc) is 3.27. The fourth-order valence-electron chi connectivity index (χ4n) is 3.54. The van der Waals surface area contributed by atoms with Crippen molar-refractivity contribution < 1.29 is 24.3 Å². The number of β-lactam (4-membered cyclic amide) rings is 1. The lowest BCUT2D eigenvalue weighted by molar-refractivity contribution is -0.150. The maximum Gasteiger partial charge on any atom is 0.352 e. The third kappa shape index (κ3) is 5.69. The molecule has 16 heteroatoms. The quantitative estimate of drug-likeness (QED) is 0.157. The van der Waals surface area contributed by atoms with Crippen LogP contribution >= 0.6 is 23.5 Å². The van der Waals surface area contributed by atoms with Gasteiger partial charge in [0.2, 0.25) is 5.16 Å². The number of nitrogen functional groups attached to an aromatic ring is 1. The van der Waals surface area contributed by atoms with Crippen molar-refractivity contribution in [3.63, 3.8) is 0 Å². The average molecular weight is 548 g/mol. The zero-order chi connectivity index (χ0) is 26.7. The highest BCUT2D eigenvalue weighted by Crippen LogP contribution is 2.41. The molecule has 4 N–H and O–H groups in total. The molecular weight excluding hydrogens is 522 g/mol. The fraction of sp³-hybridized carbons (Fsp3) is 0.429. The van der Waals surface area contributed by atoms with Gasteiger partial charge >= 0.3 is 5.97 Å². The molecule has 2 amide bonds. The Bertz CT molecular complexity index is 1280. The first-order chi connectivity index (χ1) is 17.7. The molecule has 0 radical (unpaired) electrons. The van der Waals surface area contributed by atoms with Crippen LogP contribution < -0.4 is 11.1 Å². The number of nitrogens with one attached hydrogen (secondary N) is 1. The second-order valence-corrected chi connectivity index (χ2v) is 10.6. The lowest BCUT2D eigenvalue weighted by Gasteiger charge is -2.49. The molecule has 2 atom stereocenters. The van der Waals surface area contributed by atoms with E-state index in [2.05, 4.69) is 31.0 Å². The molecule has 2 aliphatic heterocycles. The van der Waals surface area contributed by atoms with Crippen molar-refractivity contribution in [2.45, 2.75) is 30.4 Å². The Morgan fingerprint density at radius 3 is 2.84 bits per heavy atom. The van der Waals surface area contributed by atoms with Crippen LogP contribution in [-0.4, -0.2) is 88.2 Å². The van der Waals surface area contributed by atoms with Crippen molar-refractivity contribution in [3.05, 3.63) is 35.2 Å². The Balaban J connectivity index is 1.50. The van der Waals surface area contributed by atoms with Gasteiger partial charge in [0.05, 0.1) is 0 Å². The van der Waals surface area contributed by atoms with Gasteiger partial charge in [0.1, 0.15) is 35.2 Å². The number of rotatable bonds is 10. The van der Waals surface area contributed by atoms with E-state index in [1.165, 1.54) is 33.1 Å². The number of fused-ring (bicyclic) bond motifs is 1. The maximum absolute atomic E-state index is 13.2. The van der Waals surface area contributed by atoms with Gasteiger partial charge in [-0.25, -0.2) is 14.5 Å². The van der Waals surface area contributed by atoms with Crippen LogP contribution in [0.3, 0.4) is 0 Å². The number of nitrogens with zero attached hydrogens (tertiary/aromatic N) is 7. The number of thioether (sulfide) groups is 2. The van der Waals surface area contributed by atoms with Crippen molar-refractivity contribution in [1.82, 2.24) is 35.4 Å². The summed E-state index contributed by atoms with van der Waals surface area (Å²) in [5.41, 5.74) is 6.29. The topological polar surface area (TPSA) is 191 Å². The molecule has 1 unspecified atom stereocenters. The molecule has 0 bridgehead atoms. The fourth-order valence-corrected chi connectivity index (χ4v) is 5.87. The van der Waals surface area contributed by atoms with E-state index in [1.54, 1.807) is 25.2 Å². The predicted octanol–water partition coefficient (Wildman–Crippen LogP) is 0.0949. The third-order valence-electron chi connectivity index (χ3n) is 5.29. The van der Waals surface area contributed by atoms with E-state index in [1.807, 2.05) is 13.8 Å². The summed E-state index contributed by atoms with van der Waals surface area (Å²) < 4.78 is 1.48. The van der Waals surface area contributed by atoms with Gasteiger partial charge in [-0.3, -0.25) is 14.5 Å². The molecule has 0 aliphatic carbocycles. The molecule has 196 valence electrons. The van der Waals surface area contributed by atoms with Gasteiger partial charge in [0, 0.05) is 18.6 Å². The molecular formula is C21H25N9O5S2. The number of tetrazole rings is 1. The van der Waals surface area contributed by atoms with E-state index in [0.717, 1.165) is 0 Å². The molecule has 0 saturated carbocycles. The molecule has 0 aromatic carbocycles. The summed E-state index contributed by atoms with van der Waals surface area (Å²) in [4.78, 5) is 49.0. The van der Waals surface area contributed by atoms with Gasteiger partial charge in [0.15, 0.2) is 5.71 Å². The van der Waals surface area contributed by atoms with Gasteiger partial charge in [-0.05, 0) is 34.1 Å². The van der Waals surface area contributed by atoms with E-state index >= 15 is 0 Å². The maximum atomic E-state index is 13.2. The van der Waals surface area contributed by atoms with E-state index in [-0.39, 0.29) is 35.4 Å². The van der Waals surface area contributed by atoms with Gasteiger partial charge in [-0.15, -0.1) is 16.9 Å². The molecule has 14 nitrogen and oxygen atoms in total. The number of aliphatic carboxylic acids is 1. The number of anilines is 1. The second-order valence-electron chi connectivity index (χ2n) is 8.57. The van der Waals surface area contributed by atoms with Crippen LogP contribution in [-0.2, 0) is 26.3 Å². The summed E-state index contributed by atoms with van der Waals surface area (Å²) in [5.74, 6) is -1.43. The Hall–Kier alpha value is -3.66. The minimum Gasteiger partial charge on any atom is -0.477 e. The Morgan fingerprint density at radius 2 is 2.19 bits per heavy atom. The second kappa shape index (κ2) is 11.2. The molecule has 0 spiro atoms. The van der Waals surface area contributed by atoms with Crippen LogP contribution in [0.1, 0.15) is 19.5 Å². The SMILES string of the molecule is CC(C)CO/N=C(\C(=O)NC1C(=O)N2C(C(=O)O)=C(CSc3nnnn3C)CS[C@H]12)c1cccc(N)n1. The highest BCUT2D eigenvalue weighted by molar-refractivity contribution is 8.01. The van der Waals surface area contributed by atoms with Gasteiger partial charge in [0.25, 0.3) is 11.8 Å². The lowest BCUT2D eigenvalue weighted by atomic mass is 10.0. The summed E-state index contributed by atoms with van der Waals surface area (Å²) in [5, 5.41) is 27.6. The van der Waals surface area contributed by atoms with Crippen LogP contribution in [0.25, 0.3) is 0 Å². The molecule has 2 aromatic heterocycles. The number of amides is 2. The summed E-state index contributed by atoms with van der Waals surface area (Å²) in [6.45, 7) is 4.13. The smallest absolute Gasteiger partial charge is 0.352 e. The number of carbonyl (C=O) groups is 3. The Kier molecular flexibility index (Phi) is 7.97. The third-order valence-corrected chi connectivity index (χ3v) is 7.72. The van der Waals surface area contributed by atoms with Crippen molar-refractivity contribution in [2.24, 2.45) is 18.1 Å². The molecule has 2 aliphatic rings. The number of pyridine rings is 1. The Morgan fingerprint density at radius 1 is 1.41 bits per heavy atom. The number of carbonyl (C=O) groups excluding carboxylic acids is 2. The monoisotopic (exact) mass is 547 g/mol. The van der Waals surface area contributed by atoms with Gasteiger partial charge < -0.3 is 21.0 Å². The van der Waals surface area contributed by atoms with Gasteiger partial charge in [-0.2, -0.15) is 0 Å². The Labute approximate surface area is 220 Å². The van der Waals surface area contributed by atoms with Crippen molar-refractivity contribution in [2.75, 3.05) is 23.8 Å². The predicted molar refractivity (Wildman–Crippen MR) is 135 cm³/mol. The zero-order valence-corrected chi connectivity index (χ0v) is 21.8. The van der Waals surface area contributed by atoms with Crippen molar-refractivity contribution in [1.29, 1.82) is 0 Å². The first kappa shape index (κ1) is 26.4. The van der Waals surface area contributed by atoms with E-state index < -0.39 is 29.2 Å². The summed E-state index contributed by atoms with van der Waals surface area (Å²) in [6.07, 6.45) is 0. The standard InChI is InChI=1S/C21H25N9O5S2/c1-10(2)7-35-26-14(12-5-4-6-13(22)23-12)17(31)24-15-18(32)30-16(20(33)34)11(8-36-19(15)30)9-37-21-25-27-28-29(21)3/h4-6,10,15,19H,7-9H2,1-3H3,(H2,22,23)(H,24,31)(H,33,34)/b26-14-/t15?,19-/m1/s1. The van der Waals surface area contributed by atoms with E-state index in [9.17, 15) is 19.5 Å². The summed E-state index contributed by atoms with van der Waals surface area (Å²) in [7, 11) is 1.68. The highest BCUT2D eigenvalue weighted by atomic mass is 32.2. The number of aromatic nitrogens is 5. The van der Waals surface area contributed by atoms with Crippen LogP contribution in [0.15, 0.2) is 39.8 Å². The molecule has 1 saturated heterocycles. The number of aryl methyl sites for hydroxylation is 1. The molecule has 4 heterocycles. The first-order valence-corrected chi connectivity index (χ1v) is 13.2. The summed E-state index contributed by atoms with van der Waals surface area (Å²) in [6, 6.07) is 3.80. The lowest BCUT2D eigenvalue weighted by Crippen LogP contribution is -2.71. The van der Waals surface area contributed by atoms with E-state index in [4.69, 9.17) is 10.6 Å². The minimum atomic E-state index is -1.22. The highest BCUT2D eigenvalue weighted by Gasteiger charge is 2.54. The number of oxime groups is 1. The van der Waals surface area contributed by atoms with Gasteiger partial charge in [-0.1, -0.05) is 36.8 Å². The largest absolute Gasteiger partial charge is 0.477 e. The number of nitrogens with two attached hydrogens (primary N) is 1. The van der Waals surface area contributed by atoms with Crippen molar-refractivity contribution in [3.8, 4) is 0 Å². The minimum absolute atomic E-state index is 0.0893. The van der Waals surface area contributed by atoms with E-state index in [0.29, 0.717) is 22.2 Å². The number of hydrogen-bond donors (Lipinski definition) is 3. The molecule has 37 heavy (non-hydrogen) atoms. The molecule has 4 rings (SSSR count). The number of hydrogen-bond acceptors (Lipinski definition) is 12. The first-order valence-electron chi connectivity index (χ1n) is 11.2. The van der Waals surface area contributed by atoms with Crippen molar-refractivity contribution >= 4 is 52.8 Å². The van der Waals surface area contributed by atoms with Crippen LogP contribution in [0.4, 0.5) is 5.82 Å². The molecule has 2 aromatic rings. The van der Waals surface area contributed by atoms with Crippen LogP contribution in [0, 0.1) is 5.92 Å². The number of carboxylic acid groups (broad SMARTS) is 1.